The van der Waals surface area contributed by atoms with Crippen LogP contribution in [0.2, 0.25) is 10.0 Å². The third-order valence-corrected chi connectivity index (χ3v) is 5.28. The molecule has 1 aliphatic heterocycles. The number of ether oxygens (including phenoxy) is 1. The van der Waals surface area contributed by atoms with Gasteiger partial charge in [-0.15, -0.1) is 0 Å². The summed E-state index contributed by atoms with van der Waals surface area (Å²) < 4.78 is 5.00. The predicted octanol–water partition coefficient (Wildman–Crippen LogP) is 3.67. The number of carbonyl (C=O) groups is 2. The summed E-state index contributed by atoms with van der Waals surface area (Å²) in [4.78, 5) is 28.8. The maximum atomic E-state index is 12.7. The molecule has 0 spiro atoms. The zero-order chi connectivity index (χ0) is 19.4. The molecule has 27 heavy (non-hydrogen) atoms. The van der Waals surface area contributed by atoms with E-state index in [4.69, 9.17) is 27.9 Å². The van der Waals surface area contributed by atoms with Crippen molar-refractivity contribution in [1.29, 1.82) is 0 Å². The van der Waals surface area contributed by atoms with E-state index in [9.17, 15) is 9.59 Å². The number of rotatable bonds is 4. The summed E-state index contributed by atoms with van der Waals surface area (Å²) in [5.41, 5.74) is 1.31. The number of benzene rings is 2. The highest BCUT2D eigenvalue weighted by molar-refractivity contribution is 6.31. The van der Waals surface area contributed by atoms with Gasteiger partial charge in [-0.05, 0) is 35.9 Å². The molecule has 0 N–H and O–H groups in total. The fourth-order valence-electron chi connectivity index (χ4n) is 3.24. The van der Waals surface area contributed by atoms with Gasteiger partial charge in [0.15, 0.2) is 0 Å². The molecule has 1 heterocycles. The molecule has 5 nitrogen and oxygen atoms in total. The van der Waals surface area contributed by atoms with Crippen molar-refractivity contribution in [2.75, 3.05) is 33.3 Å². The number of halogens is 2. The Morgan fingerprint density at radius 3 is 2.19 bits per heavy atom. The Labute approximate surface area is 168 Å². The molecule has 0 aliphatic carbocycles. The van der Waals surface area contributed by atoms with Gasteiger partial charge in [0.05, 0.1) is 7.11 Å². The molecular weight excluding hydrogens is 387 g/mol. The summed E-state index contributed by atoms with van der Waals surface area (Å²) in [5, 5.41) is 1.12. The van der Waals surface area contributed by atoms with E-state index in [1.54, 1.807) is 35.2 Å². The first-order valence-corrected chi connectivity index (χ1v) is 9.38. The van der Waals surface area contributed by atoms with Crippen LogP contribution in [0.3, 0.4) is 0 Å². The van der Waals surface area contributed by atoms with Crippen molar-refractivity contribution in [3.05, 3.63) is 69.7 Å². The normalized spacial score (nSPS) is 16.0. The standard InChI is InChI=1S/C20H20Cl2N2O3/c1-27-20(26)18(16-4-2-3-5-17(16)22)23-10-12-24(13-11-23)19(25)14-6-8-15(21)9-7-14/h2-9,18H,10-13H2,1H3. The van der Waals surface area contributed by atoms with Crippen LogP contribution >= 0.6 is 23.2 Å². The highest BCUT2D eigenvalue weighted by Crippen LogP contribution is 2.29. The summed E-state index contributed by atoms with van der Waals surface area (Å²) in [5.74, 6) is -0.403. The summed E-state index contributed by atoms with van der Waals surface area (Å²) >= 11 is 12.2. The quantitative estimate of drug-likeness (QED) is 0.726. The van der Waals surface area contributed by atoms with Crippen LogP contribution in [0.15, 0.2) is 48.5 Å². The summed E-state index contributed by atoms with van der Waals surface area (Å²) in [6.45, 7) is 2.12. The second kappa shape index (κ2) is 8.74. The first kappa shape index (κ1) is 19.7. The average Bonchev–Trinajstić information content (AvgIpc) is 2.70. The topological polar surface area (TPSA) is 49.9 Å². The lowest BCUT2D eigenvalue weighted by atomic mass is 10.0. The molecule has 2 aromatic rings. The third kappa shape index (κ3) is 4.43. The molecular formula is C20H20Cl2N2O3. The van der Waals surface area contributed by atoms with Gasteiger partial charge >= 0.3 is 5.97 Å². The molecule has 1 unspecified atom stereocenters. The Bertz CT molecular complexity index is 818. The van der Waals surface area contributed by atoms with Crippen LogP contribution in [0.5, 0.6) is 0 Å². The molecule has 0 saturated carbocycles. The molecule has 7 heteroatoms. The van der Waals surface area contributed by atoms with Crippen molar-refractivity contribution in [1.82, 2.24) is 9.80 Å². The molecule has 1 atom stereocenters. The first-order valence-electron chi connectivity index (χ1n) is 8.62. The highest BCUT2D eigenvalue weighted by Gasteiger charge is 2.33. The number of methoxy groups -OCH3 is 1. The Morgan fingerprint density at radius 2 is 1.59 bits per heavy atom. The van der Waals surface area contributed by atoms with E-state index < -0.39 is 6.04 Å². The number of carbonyl (C=O) groups excluding carboxylic acids is 2. The molecule has 1 amide bonds. The molecule has 3 rings (SSSR count). The van der Waals surface area contributed by atoms with Crippen LogP contribution in [-0.2, 0) is 9.53 Å². The molecule has 0 bridgehead atoms. The monoisotopic (exact) mass is 406 g/mol. The van der Waals surface area contributed by atoms with Gasteiger partial charge in [-0.1, -0.05) is 41.4 Å². The molecule has 142 valence electrons. The lowest BCUT2D eigenvalue weighted by molar-refractivity contribution is -0.148. The first-order chi connectivity index (χ1) is 13.0. The lowest BCUT2D eigenvalue weighted by Gasteiger charge is -2.38. The minimum Gasteiger partial charge on any atom is -0.468 e. The summed E-state index contributed by atoms with van der Waals surface area (Å²) in [6.07, 6.45) is 0. The Hall–Kier alpha value is -2.08. The van der Waals surface area contributed by atoms with Gasteiger partial charge in [-0.3, -0.25) is 9.69 Å². The maximum Gasteiger partial charge on any atom is 0.327 e. The second-order valence-corrected chi connectivity index (χ2v) is 7.13. The van der Waals surface area contributed by atoms with E-state index in [1.807, 2.05) is 23.1 Å². The Kier molecular flexibility index (Phi) is 6.37. The zero-order valence-electron chi connectivity index (χ0n) is 14.9. The van der Waals surface area contributed by atoms with Gasteiger partial charge < -0.3 is 9.64 Å². The minimum atomic E-state index is -0.587. The van der Waals surface area contributed by atoms with Gasteiger partial charge in [-0.25, -0.2) is 4.79 Å². The van der Waals surface area contributed by atoms with E-state index >= 15 is 0 Å². The van der Waals surface area contributed by atoms with Gasteiger partial charge in [0.1, 0.15) is 6.04 Å². The fourth-order valence-corrected chi connectivity index (χ4v) is 3.60. The number of hydrogen-bond donors (Lipinski definition) is 0. The largest absolute Gasteiger partial charge is 0.468 e. The van der Waals surface area contributed by atoms with Crippen LogP contribution in [0, 0.1) is 0 Å². The lowest BCUT2D eigenvalue weighted by Crippen LogP contribution is -2.51. The van der Waals surface area contributed by atoms with Crippen molar-refractivity contribution < 1.29 is 14.3 Å². The van der Waals surface area contributed by atoms with Crippen molar-refractivity contribution in [2.24, 2.45) is 0 Å². The summed E-state index contributed by atoms with van der Waals surface area (Å²) in [6, 6.07) is 13.5. The number of hydrogen-bond acceptors (Lipinski definition) is 4. The van der Waals surface area contributed by atoms with Crippen molar-refractivity contribution >= 4 is 35.1 Å². The van der Waals surface area contributed by atoms with E-state index in [2.05, 4.69) is 0 Å². The minimum absolute atomic E-state index is 0.0429. The molecule has 0 radical (unpaired) electrons. The molecule has 1 fully saturated rings. The number of amides is 1. The van der Waals surface area contributed by atoms with E-state index in [-0.39, 0.29) is 11.9 Å². The highest BCUT2D eigenvalue weighted by atomic mass is 35.5. The average molecular weight is 407 g/mol. The van der Waals surface area contributed by atoms with Crippen molar-refractivity contribution in [3.8, 4) is 0 Å². The van der Waals surface area contributed by atoms with Crippen LogP contribution < -0.4 is 0 Å². The van der Waals surface area contributed by atoms with Gasteiger partial charge in [0.25, 0.3) is 5.91 Å². The van der Waals surface area contributed by atoms with Crippen molar-refractivity contribution in [2.45, 2.75) is 6.04 Å². The van der Waals surface area contributed by atoms with Gasteiger partial charge in [0, 0.05) is 41.8 Å². The molecule has 1 saturated heterocycles. The van der Waals surface area contributed by atoms with E-state index in [1.165, 1.54) is 7.11 Å². The fraction of sp³-hybridized carbons (Fsp3) is 0.300. The number of esters is 1. The van der Waals surface area contributed by atoms with E-state index in [0.717, 1.165) is 0 Å². The summed E-state index contributed by atoms with van der Waals surface area (Å²) in [7, 11) is 1.37. The van der Waals surface area contributed by atoms with Crippen LogP contribution in [0.4, 0.5) is 0 Å². The van der Waals surface area contributed by atoms with E-state index in [0.29, 0.717) is 47.4 Å². The Balaban J connectivity index is 1.72. The van der Waals surface area contributed by atoms with Crippen LogP contribution in [0.25, 0.3) is 0 Å². The maximum absolute atomic E-state index is 12.7. The third-order valence-electron chi connectivity index (χ3n) is 4.68. The van der Waals surface area contributed by atoms with Crippen molar-refractivity contribution in [3.63, 3.8) is 0 Å². The predicted molar refractivity (Wildman–Crippen MR) is 105 cm³/mol. The molecule has 1 aliphatic rings. The zero-order valence-corrected chi connectivity index (χ0v) is 16.4. The smallest absolute Gasteiger partial charge is 0.327 e. The Morgan fingerprint density at radius 1 is 0.963 bits per heavy atom. The number of piperazine rings is 1. The van der Waals surface area contributed by atoms with Gasteiger partial charge in [0.2, 0.25) is 0 Å². The molecule has 2 aromatic carbocycles. The molecule has 0 aromatic heterocycles. The SMILES string of the molecule is COC(=O)C(c1ccccc1Cl)N1CCN(C(=O)c2ccc(Cl)cc2)CC1. The van der Waals surface area contributed by atoms with Crippen LogP contribution in [0.1, 0.15) is 22.0 Å². The van der Waals surface area contributed by atoms with Gasteiger partial charge in [-0.2, -0.15) is 0 Å². The van der Waals surface area contributed by atoms with Crippen LogP contribution in [-0.4, -0.2) is 55.0 Å². The number of nitrogens with zero attached hydrogens (tertiary/aromatic N) is 2. The second-order valence-electron chi connectivity index (χ2n) is 6.28.